The normalized spacial score (nSPS) is 31.7. The summed E-state index contributed by atoms with van der Waals surface area (Å²) in [6.07, 6.45) is 0. The van der Waals surface area contributed by atoms with Gasteiger partial charge < -0.3 is 0 Å². The molecule has 0 radical (unpaired) electrons. The SMILES string of the molecule is [Cl][Ti]([Cl])([Cl])[CH2][C]1([Ti]([Cl])([Cl])[Cl])O[CH]1[Ti]([Cl])([Cl])[Cl]. The topological polar surface area (TPSA) is 12.5 Å². The van der Waals surface area contributed by atoms with Gasteiger partial charge in [-0.05, 0) is 0 Å². The molecule has 0 aliphatic carbocycles. The maximum absolute atomic E-state index is 6.00. The second-order valence-electron chi connectivity index (χ2n) is 3.22. The average molecular weight is 518 g/mol. The Morgan fingerprint density at radius 3 is 1.50 bits per heavy atom. The summed E-state index contributed by atoms with van der Waals surface area (Å²) >= 11 is -10.9. The molecule has 0 aromatic carbocycles. The van der Waals surface area contributed by atoms with Crippen molar-refractivity contribution in [3.05, 3.63) is 0 Å². The third-order valence-electron chi connectivity index (χ3n) is 1.93. The van der Waals surface area contributed by atoms with Crippen LogP contribution in [0.4, 0.5) is 0 Å². The van der Waals surface area contributed by atoms with Gasteiger partial charge in [0.2, 0.25) is 0 Å². The average Bonchev–Trinajstić information content (AvgIpc) is 2.56. The van der Waals surface area contributed by atoms with E-state index in [4.69, 9.17) is 88.5 Å². The van der Waals surface area contributed by atoms with Crippen molar-refractivity contribution in [2.75, 3.05) is 0 Å². The first-order valence-corrected chi connectivity index (χ1v) is 25.8. The van der Waals surface area contributed by atoms with Gasteiger partial charge in [-0.1, -0.05) is 0 Å². The molecule has 0 amide bonds. The standard InChI is InChI=1S/C3H3O.9ClH.3Ti/c1-3-2-4-3;;;;;;;;;;;;/h2H,1H2;9*1H;;;/q;;;;;;;;;;3*+3/p-9. The summed E-state index contributed by atoms with van der Waals surface area (Å²) in [5, 5.41) is 0. The van der Waals surface area contributed by atoms with Crippen molar-refractivity contribution in [2.24, 2.45) is 0 Å². The van der Waals surface area contributed by atoms with Crippen molar-refractivity contribution in [3.8, 4) is 0 Å². The summed E-state index contributed by atoms with van der Waals surface area (Å²) < 4.78 is 3.79. The molecule has 13 heteroatoms. The van der Waals surface area contributed by atoms with E-state index in [9.17, 15) is 0 Å². The molecule has 0 saturated carbocycles. The fourth-order valence-electron chi connectivity index (χ4n) is 1.26. The van der Waals surface area contributed by atoms with Crippen molar-refractivity contribution in [1.82, 2.24) is 0 Å². The van der Waals surface area contributed by atoms with E-state index in [1.54, 1.807) is 0 Å². The molecule has 0 N–H and O–H groups in total. The molecule has 1 heterocycles. The Morgan fingerprint density at radius 1 is 0.875 bits per heavy atom. The molecule has 16 heavy (non-hydrogen) atoms. The molecule has 1 saturated heterocycles. The Morgan fingerprint density at radius 2 is 1.31 bits per heavy atom. The molecule has 0 bridgehead atoms. The van der Waals surface area contributed by atoms with Crippen LogP contribution in [0.5, 0.6) is 0 Å². The van der Waals surface area contributed by atoms with Gasteiger partial charge in [0.15, 0.2) is 0 Å². The molecule has 0 spiro atoms. The first-order valence-electron chi connectivity index (χ1n) is 3.68. The van der Waals surface area contributed by atoms with Crippen LogP contribution in [0, 0.1) is 0 Å². The predicted octanol–water partition coefficient (Wildman–Crippen LogP) is 6.30. The molecule has 2 unspecified atom stereocenters. The van der Waals surface area contributed by atoms with Crippen LogP contribution in [-0.2, 0) is 45.0 Å². The number of rotatable bonds is 4. The zero-order valence-corrected chi connectivity index (χ0v) is 18.6. The van der Waals surface area contributed by atoms with Crippen molar-refractivity contribution in [1.29, 1.82) is 0 Å². The fourth-order valence-corrected chi connectivity index (χ4v) is 27.9. The third-order valence-corrected chi connectivity index (χ3v) is 17.2. The minimum absolute atomic E-state index is 0.109. The number of hydrogen-bond donors (Lipinski definition) is 0. The summed E-state index contributed by atoms with van der Waals surface area (Å²) in [6.45, 7) is 0. The van der Waals surface area contributed by atoms with Crippen LogP contribution >= 0.6 is 83.7 Å². The minimum atomic E-state index is -3.80. The van der Waals surface area contributed by atoms with Gasteiger partial charge in [-0.3, -0.25) is 0 Å². The quantitative estimate of drug-likeness (QED) is 0.315. The Balaban J connectivity index is 2.94. The van der Waals surface area contributed by atoms with Crippen molar-refractivity contribution in [3.63, 3.8) is 0 Å². The van der Waals surface area contributed by atoms with E-state index in [0.29, 0.717) is 0 Å². The van der Waals surface area contributed by atoms with E-state index in [0.717, 1.165) is 0 Å². The van der Waals surface area contributed by atoms with Gasteiger partial charge in [0.05, 0.1) is 0 Å². The predicted molar refractivity (Wildman–Crippen MR) is 65.1 cm³/mol. The van der Waals surface area contributed by atoms with Gasteiger partial charge >= 0.3 is 142 Å². The Bertz CT molecular complexity index is 279. The van der Waals surface area contributed by atoms with E-state index in [1.165, 1.54) is 0 Å². The van der Waals surface area contributed by atoms with E-state index in [-0.39, 0.29) is 4.73 Å². The van der Waals surface area contributed by atoms with Crippen LogP contribution in [0.15, 0.2) is 0 Å². The van der Waals surface area contributed by atoms with Gasteiger partial charge in [-0.25, -0.2) is 0 Å². The van der Waals surface area contributed by atoms with Crippen molar-refractivity contribution in [2.45, 2.75) is 13.0 Å². The first kappa shape index (κ1) is 18.8. The molecule has 1 nitrogen and oxygen atoms in total. The zero-order valence-electron chi connectivity index (χ0n) is 7.09. The molecule has 1 aliphatic rings. The summed E-state index contributed by atoms with van der Waals surface area (Å²) in [7, 11) is 53.2. The van der Waals surface area contributed by atoms with E-state index < -0.39 is 48.5 Å². The molecule has 1 rings (SSSR count). The Labute approximate surface area is 139 Å². The molecule has 0 aromatic rings. The summed E-state index contributed by atoms with van der Waals surface area (Å²) in [5.41, 5.74) is 0. The van der Waals surface area contributed by atoms with Gasteiger partial charge in [0.25, 0.3) is 0 Å². The van der Waals surface area contributed by atoms with Gasteiger partial charge in [0, 0.05) is 0 Å². The van der Waals surface area contributed by atoms with Crippen LogP contribution < -0.4 is 0 Å². The van der Waals surface area contributed by atoms with Crippen molar-refractivity contribution >= 4 is 83.7 Å². The van der Waals surface area contributed by atoms with Crippen LogP contribution in [0.25, 0.3) is 0 Å². The van der Waals surface area contributed by atoms with Gasteiger partial charge in [0.1, 0.15) is 0 Å². The number of hydrogen-bond acceptors (Lipinski definition) is 1. The second-order valence-corrected chi connectivity index (χ2v) is 40.6. The summed E-state index contributed by atoms with van der Waals surface area (Å²) in [5.74, 6) is 0. The summed E-state index contributed by atoms with van der Waals surface area (Å²) in [6, 6.07) is 0. The molecular weight excluding hydrogens is 515 g/mol. The monoisotopic (exact) mass is 514 g/mol. The molecule has 2 atom stereocenters. The third kappa shape index (κ3) is 4.87. The molecule has 1 aliphatic heterocycles. The molecule has 0 aromatic heterocycles. The molecule has 1 fully saturated rings. The van der Waals surface area contributed by atoms with Crippen LogP contribution in [0.1, 0.15) is 0 Å². The molecular formula is C3H3Cl9OTi3. The Hall–Kier alpha value is 4.71. The first-order chi connectivity index (χ1) is 6.80. The van der Waals surface area contributed by atoms with Crippen LogP contribution in [-0.4, -0.2) is 8.31 Å². The van der Waals surface area contributed by atoms with Crippen LogP contribution in [0.3, 0.4) is 0 Å². The van der Waals surface area contributed by atoms with E-state index >= 15 is 0 Å². The maximum atomic E-state index is 6.00. The number of ether oxygens (including phenoxy) is 1. The number of halogens is 9. The summed E-state index contributed by atoms with van der Waals surface area (Å²) in [4.78, 5) is 0. The second kappa shape index (κ2) is 6.07. The number of epoxide rings is 1. The van der Waals surface area contributed by atoms with Crippen LogP contribution in [0.2, 0.25) is 4.73 Å². The van der Waals surface area contributed by atoms with E-state index in [1.807, 2.05) is 0 Å². The van der Waals surface area contributed by atoms with Gasteiger partial charge in [-0.2, -0.15) is 0 Å². The van der Waals surface area contributed by atoms with Gasteiger partial charge in [-0.15, -0.1) is 0 Å². The van der Waals surface area contributed by atoms with Crippen molar-refractivity contribution < 1.29 is 45.0 Å². The Kier molecular flexibility index (Phi) is 7.12. The van der Waals surface area contributed by atoms with E-state index in [2.05, 4.69) is 0 Å². The molecule has 96 valence electrons. The fraction of sp³-hybridized carbons (Fsp3) is 1.00. The zero-order chi connectivity index (χ0) is 13.0.